The van der Waals surface area contributed by atoms with Gasteiger partial charge in [0.2, 0.25) is 0 Å². The molecule has 9 nitrogen and oxygen atoms in total. The second-order valence-electron chi connectivity index (χ2n) is 7.88. The summed E-state index contributed by atoms with van der Waals surface area (Å²) in [6.45, 7) is 6.19. The highest BCUT2D eigenvalue weighted by molar-refractivity contribution is 5.99. The molecule has 0 aliphatic carbocycles. The Balaban J connectivity index is 1.92. The predicted molar refractivity (Wildman–Crippen MR) is 111 cm³/mol. The molecular formula is C20H25FN6O3. The topological polar surface area (TPSA) is 125 Å². The van der Waals surface area contributed by atoms with Crippen LogP contribution >= 0.6 is 0 Å². The van der Waals surface area contributed by atoms with Crippen molar-refractivity contribution in [1.29, 1.82) is 0 Å². The number of fused-ring (bicyclic) bond motifs is 1. The van der Waals surface area contributed by atoms with Crippen LogP contribution < -0.4 is 10.6 Å². The van der Waals surface area contributed by atoms with E-state index in [1.807, 2.05) is 13.8 Å². The van der Waals surface area contributed by atoms with Crippen molar-refractivity contribution in [3.05, 3.63) is 36.3 Å². The normalized spacial score (nSPS) is 12.9. The Morgan fingerprint density at radius 1 is 1.23 bits per heavy atom. The Bertz CT molecular complexity index is 1060. The molecule has 160 valence electrons. The van der Waals surface area contributed by atoms with E-state index in [2.05, 4.69) is 25.7 Å². The SMILES string of the molecule is CC(C)Nc1cc(-n2ncc3cc(O)cnc32)ncc1C(=O)NCC(F)C(C)(C)O. The number of carbonyl (C=O) groups excluding carboxylic acids is 1. The largest absolute Gasteiger partial charge is 0.506 e. The van der Waals surface area contributed by atoms with E-state index in [0.717, 1.165) is 0 Å². The average molecular weight is 416 g/mol. The van der Waals surface area contributed by atoms with Crippen LogP contribution in [0.1, 0.15) is 38.1 Å². The number of halogens is 1. The molecule has 0 fully saturated rings. The maximum absolute atomic E-state index is 14.0. The molecular weight excluding hydrogens is 391 g/mol. The molecule has 10 heteroatoms. The van der Waals surface area contributed by atoms with E-state index in [0.29, 0.717) is 22.5 Å². The maximum Gasteiger partial charge on any atom is 0.255 e. The molecule has 0 aliphatic rings. The number of nitrogens with one attached hydrogen (secondary N) is 2. The summed E-state index contributed by atoms with van der Waals surface area (Å²) in [6, 6.07) is 3.21. The lowest BCUT2D eigenvalue weighted by atomic mass is 10.0. The molecule has 0 saturated carbocycles. The third-order valence-corrected chi connectivity index (χ3v) is 4.40. The van der Waals surface area contributed by atoms with Gasteiger partial charge < -0.3 is 20.8 Å². The van der Waals surface area contributed by atoms with Gasteiger partial charge in [-0.25, -0.2) is 14.4 Å². The molecule has 3 heterocycles. The fourth-order valence-electron chi connectivity index (χ4n) is 2.78. The molecule has 4 N–H and O–H groups in total. The van der Waals surface area contributed by atoms with Crippen molar-refractivity contribution in [2.24, 2.45) is 0 Å². The van der Waals surface area contributed by atoms with Crippen LogP contribution in [0.4, 0.5) is 10.1 Å². The average Bonchev–Trinajstić information content (AvgIpc) is 3.07. The number of carbonyl (C=O) groups is 1. The van der Waals surface area contributed by atoms with Crippen LogP contribution in [0.2, 0.25) is 0 Å². The van der Waals surface area contributed by atoms with E-state index in [1.165, 1.54) is 37.0 Å². The number of anilines is 1. The van der Waals surface area contributed by atoms with Crippen molar-refractivity contribution in [2.45, 2.75) is 45.5 Å². The van der Waals surface area contributed by atoms with Crippen molar-refractivity contribution in [1.82, 2.24) is 25.1 Å². The second kappa shape index (κ2) is 8.23. The Labute approximate surface area is 173 Å². The van der Waals surface area contributed by atoms with Gasteiger partial charge in [0.1, 0.15) is 11.9 Å². The van der Waals surface area contributed by atoms with Crippen molar-refractivity contribution in [3.63, 3.8) is 0 Å². The van der Waals surface area contributed by atoms with Gasteiger partial charge in [0.25, 0.3) is 5.91 Å². The standard InChI is InChI=1S/C20H25FN6O3/c1-11(2)26-15-6-17(27-18-12(7-25-27)5-13(28)8-23-18)22-9-14(15)19(29)24-10-16(21)20(3,4)30/h5-9,11,16,28,30H,10H2,1-4H3,(H,22,26)(H,24,29). The quantitative estimate of drug-likeness (QED) is 0.465. The van der Waals surface area contributed by atoms with Crippen LogP contribution in [-0.4, -0.2) is 60.2 Å². The molecule has 0 spiro atoms. The number of alkyl halides is 1. The van der Waals surface area contributed by atoms with Crippen LogP contribution in [0.3, 0.4) is 0 Å². The molecule has 1 unspecified atom stereocenters. The van der Waals surface area contributed by atoms with Crippen molar-refractivity contribution >= 4 is 22.6 Å². The summed E-state index contributed by atoms with van der Waals surface area (Å²) in [5, 5.41) is 29.9. The smallest absolute Gasteiger partial charge is 0.255 e. The van der Waals surface area contributed by atoms with Gasteiger partial charge in [-0.15, -0.1) is 0 Å². The van der Waals surface area contributed by atoms with Crippen molar-refractivity contribution in [2.75, 3.05) is 11.9 Å². The first-order valence-corrected chi connectivity index (χ1v) is 9.50. The second-order valence-corrected chi connectivity index (χ2v) is 7.88. The monoisotopic (exact) mass is 416 g/mol. The summed E-state index contributed by atoms with van der Waals surface area (Å²) in [4.78, 5) is 21.1. The number of amides is 1. The number of nitrogens with zero attached hydrogens (tertiary/aromatic N) is 4. The van der Waals surface area contributed by atoms with Gasteiger partial charge >= 0.3 is 0 Å². The Morgan fingerprint density at radius 3 is 2.63 bits per heavy atom. The van der Waals surface area contributed by atoms with E-state index in [-0.39, 0.29) is 23.9 Å². The summed E-state index contributed by atoms with van der Waals surface area (Å²) in [7, 11) is 0. The molecule has 0 bridgehead atoms. The number of rotatable bonds is 7. The molecule has 1 amide bonds. The van der Waals surface area contributed by atoms with Gasteiger partial charge in [0.15, 0.2) is 11.5 Å². The molecule has 0 aromatic carbocycles. The first-order chi connectivity index (χ1) is 14.1. The Kier molecular flexibility index (Phi) is 5.88. The van der Waals surface area contributed by atoms with E-state index < -0.39 is 17.7 Å². The van der Waals surface area contributed by atoms with Crippen LogP contribution in [0.5, 0.6) is 5.75 Å². The van der Waals surface area contributed by atoms with Gasteiger partial charge in [-0.2, -0.15) is 9.78 Å². The Hall–Kier alpha value is -3.27. The molecule has 30 heavy (non-hydrogen) atoms. The van der Waals surface area contributed by atoms with Gasteiger partial charge in [0.05, 0.1) is 35.8 Å². The number of aromatic hydroxyl groups is 1. The minimum absolute atomic E-state index is 0.0153. The van der Waals surface area contributed by atoms with Gasteiger partial charge in [-0.3, -0.25) is 4.79 Å². The number of pyridine rings is 2. The zero-order valence-corrected chi connectivity index (χ0v) is 17.2. The number of aromatic nitrogens is 4. The lowest BCUT2D eigenvalue weighted by Crippen LogP contribution is -2.42. The zero-order valence-electron chi connectivity index (χ0n) is 17.2. The van der Waals surface area contributed by atoms with Crippen molar-refractivity contribution < 1.29 is 19.4 Å². The molecule has 3 aromatic heterocycles. The minimum Gasteiger partial charge on any atom is -0.506 e. The molecule has 0 radical (unpaired) electrons. The number of aliphatic hydroxyl groups is 1. The van der Waals surface area contributed by atoms with Gasteiger partial charge in [0, 0.05) is 23.7 Å². The van der Waals surface area contributed by atoms with Crippen LogP contribution in [0, 0.1) is 0 Å². The van der Waals surface area contributed by atoms with Gasteiger partial charge in [-0.05, 0) is 33.8 Å². The fraction of sp³-hybridized carbons (Fsp3) is 0.400. The Morgan fingerprint density at radius 2 is 1.97 bits per heavy atom. The summed E-state index contributed by atoms with van der Waals surface area (Å²) in [6.07, 6.45) is 2.62. The zero-order chi connectivity index (χ0) is 22.1. The van der Waals surface area contributed by atoms with Gasteiger partial charge in [-0.1, -0.05) is 0 Å². The summed E-state index contributed by atoms with van der Waals surface area (Å²) < 4.78 is 15.5. The molecule has 0 saturated heterocycles. The number of hydrogen-bond donors (Lipinski definition) is 4. The summed E-state index contributed by atoms with van der Waals surface area (Å²) in [5.74, 6) is -0.0679. The highest BCUT2D eigenvalue weighted by Crippen LogP contribution is 2.23. The first kappa shape index (κ1) is 21.4. The van der Waals surface area contributed by atoms with Crippen molar-refractivity contribution in [3.8, 4) is 11.6 Å². The maximum atomic E-state index is 14.0. The lowest BCUT2D eigenvalue weighted by Gasteiger charge is -2.23. The van der Waals surface area contributed by atoms with E-state index in [1.54, 1.807) is 12.3 Å². The van der Waals surface area contributed by atoms with Crippen LogP contribution in [-0.2, 0) is 0 Å². The predicted octanol–water partition coefficient (Wildman–Crippen LogP) is 2.18. The first-order valence-electron chi connectivity index (χ1n) is 9.50. The highest BCUT2D eigenvalue weighted by Gasteiger charge is 2.27. The van der Waals surface area contributed by atoms with E-state index in [9.17, 15) is 19.4 Å². The third kappa shape index (κ3) is 4.65. The molecule has 3 aromatic rings. The fourth-order valence-corrected chi connectivity index (χ4v) is 2.78. The molecule has 0 aliphatic heterocycles. The number of hydrogen-bond acceptors (Lipinski definition) is 7. The van der Waals surface area contributed by atoms with Crippen LogP contribution in [0.15, 0.2) is 30.7 Å². The lowest BCUT2D eigenvalue weighted by molar-refractivity contribution is -0.00177. The summed E-state index contributed by atoms with van der Waals surface area (Å²) >= 11 is 0. The molecule has 1 atom stereocenters. The summed E-state index contributed by atoms with van der Waals surface area (Å²) in [5.41, 5.74) is -0.332. The minimum atomic E-state index is -1.62. The third-order valence-electron chi connectivity index (χ3n) is 4.40. The highest BCUT2D eigenvalue weighted by atomic mass is 19.1. The molecule has 3 rings (SSSR count). The van der Waals surface area contributed by atoms with Crippen LogP contribution in [0.25, 0.3) is 16.9 Å². The van der Waals surface area contributed by atoms with E-state index >= 15 is 0 Å². The van der Waals surface area contributed by atoms with E-state index in [4.69, 9.17) is 0 Å².